The first-order chi connectivity index (χ1) is 16.0. The number of piperidine rings is 2. The fraction of sp³-hybridized carbons (Fsp3) is 0.680. The van der Waals surface area contributed by atoms with Crippen molar-refractivity contribution in [2.75, 3.05) is 65.6 Å². The molecule has 7 nitrogen and oxygen atoms in total. The average Bonchev–Trinajstić information content (AvgIpc) is 2.84. The number of morpholine rings is 1. The van der Waals surface area contributed by atoms with E-state index in [2.05, 4.69) is 4.90 Å². The van der Waals surface area contributed by atoms with Gasteiger partial charge in [0.05, 0.1) is 26.4 Å². The number of carbonyl (C=O) groups excluding carboxylic acids is 2. The molecule has 3 saturated heterocycles. The minimum Gasteiger partial charge on any atom is -0.493 e. The lowest BCUT2D eigenvalue weighted by molar-refractivity contribution is -0.143. The summed E-state index contributed by atoms with van der Waals surface area (Å²) in [5.74, 6) is 1.02. The summed E-state index contributed by atoms with van der Waals surface area (Å²) in [5.41, 5.74) is -0.393. The Morgan fingerprint density at radius 3 is 2.48 bits per heavy atom. The molecule has 1 aromatic rings. The predicted octanol–water partition coefficient (Wildman–Crippen LogP) is 3.06. The largest absolute Gasteiger partial charge is 0.493 e. The van der Waals surface area contributed by atoms with Gasteiger partial charge in [0.15, 0.2) is 0 Å². The van der Waals surface area contributed by atoms with Gasteiger partial charge >= 0.3 is 0 Å². The van der Waals surface area contributed by atoms with E-state index in [0.29, 0.717) is 50.1 Å². The molecule has 4 rings (SSSR count). The van der Waals surface area contributed by atoms with Gasteiger partial charge in [-0.1, -0.05) is 17.7 Å². The maximum Gasteiger partial charge on any atom is 0.236 e. The second-order valence-corrected chi connectivity index (χ2v) is 10.1. The van der Waals surface area contributed by atoms with Gasteiger partial charge in [0.2, 0.25) is 11.8 Å². The van der Waals surface area contributed by atoms with Gasteiger partial charge in [-0.25, -0.2) is 0 Å². The molecule has 0 spiro atoms. The zero-order valence-corrected chi connectivity index (χ0v) is 20.2. The fourth-order valence-electron chi connectivity index (χ4n) is 5.15. The Morgan fingerprint density at radius 1 is 0.970 bits per heavy atom. The second kappa shape index (κ2) is 11.5. The molecule has 33 heavy (non-hydrogen) atoms. The van der Waals surface area contributed by atoms with Gasteiger partial charge in [-0.05, 0) is 50.3 Å². The van der Waals surface area contributed by atoms with Gasteiger partial charge in [-0.2, -0.15) is 0 Å². The highest BCUT2D eigenvalue weighted by molar-refractivity contribution is 6.30. The van der Waals surface area contributed by atoms with E-state index in [1.807, 2.05) is 28.0 Å². The smallest absolute Gasteiger partial charge is 0.236 e. The van der Waals surface area contributed by atoms with E-state index < -0.39 is 5.41 Å². The molecule has 3 aliphatic heterocycles. The van der Waals surface area contributed by atoms with Crippen LogP contribution in [0.4, 0.5) is 0 Å². The molecule has 0 aromatic heterocycles. The van der Waals surface area contributed by atoms with Crippen molar-refractivity contribution < 1.29 is 19.1 Å². The quantitative estimate of drug-likeness (QED) is 0.604. The summed E-state index contributed by atoms with van der Waals surface area (Å²) >= 11 is 6.14. The van der Waals surface area contributed by atoms with Crippen LogP contribution in [0.1, 0.15) is 38.5 Å². The summed E-state index contributed by atoms with van der Waals surface area (Å²) in [5, 5.41) is 0.622. The van der Waals surface area contributed by atoms with Gasteiger partial charge in [-0.3, -0.25) is 14.5 Å². The average molecular weight is 478 g/mol. The molecule has 3 aliphatic rings. The Kier molecular flexibility index (Phi) is 8.50. The molecular weight excluding hydrogens is 442 g/mol. The van der Waals surface area contributed by atoms with Gasteiger partial charge in [-0.15, -0.1) is 0 Å². The number of carbonyl (C=O) groups is 2. The number of likely N-dealkylation sites (tertiary alicyclic amines) is 2. The Labute approximate surface area is 201 Å². The number of hydrogen-bond donors (Lipinski definition) is 0. The van der Waals surface area contributed by atoms with Crippen molar-refractivity contribution in [2.24, 2.45) is 5.41 Å². The van der Waals surface area contributed by atoms with Crippen LogP contribution in [0.2, 0.25) is 5.02 Å². The topological polar surface area (TPSA) is 62.3 Å². The van der Waals surface area contributed by atoms with Gasteiger partial charge in [0, 0.05) is 56.1 Å². The summed E-state index contributed by atoms with van der Waals surface area (Å²) in [4.78, 5) is 32.5. The maximum atomic E-state index is 13.3. The first-order valence-electron chi connectivity index (χ1n) is 12.3. The molecule has 1 atom stereocenters. The first-order valence-corrected chi connectivity index (χ1v) is 12.6. The van der Waals surface area contributed by atoms with E-state index in [1.54, 1.807) is 6.07 Å². The number of amides is 2. The van der Waals surface area contributed by atoms with Gasteiger partial charge in [0.1, 0.15) is 5.75 Å². The Bertz CT molecular complexity index is 811. The zero-order chi connectivity index (χ0) is 23.1. The molecule has 0 unspecified atom stereocenters. The van der Waals surface area contributed by atoms with Crippen LogP contribution in [0.25, 0.3) is 0 Å². The highest BCUT2D eigenvalue weighted by atomic mass is 35.5. The van der Waals surface area contributed by atoms with Crippen molar-refractivity contribution in [3.05, 3.63) is 29.3 Å². The highest BCUT2D eigenvalue weighted by Gasteiger charge is 2.41. The molecule has 3 fully saturated rings. The Morgan fingerprint density at radius 2 is 1.73 bits per heavy atom. The number of ether oxygens (including phenoxy) is 2. The van der Waals surface area contributed by atoms with E-state index in [1.165, 1.54) is 6.42 Å². The van der Waals surface area contributed by atoms with E-state index in [0.717, 1.165) is 58.4 Å². The molecule has 1 aromatic carbocycles. The molecular formula is C25H36ClN3O4. The van der Waals surface area contributed by atoms with E-state index >= 15 is 0 Å². The fourth-order valence-corrected chi connectivity index (χ4v) is 5.33. The highest BCUT2D eigenvalue weighted by Crippen LogP contribution is 2.36. The molecule has 3 heterocycles. The normalized spacial score (nSPS) is 24.5. The standard InChI is InChI=1S/C25H36ClN3O4/c26-21-6-4-7-22(16-21)33-20-25(17-23(30)28-9-2-1-3-10-28)8-5-11-29(19-25)24(31)18-27-12-14-32-15-13-27/h4,6-7,16H,1-3,5,8-15,17-20H2/t25-/m1/s1. The summed E-state index contributed by atoms with van der Waals surface area (Å²) in [7, 11) is 0. The lowest BCUT2D eigenvalue weighted by Gasteiger charge is -2.44. The maximum absolute atomic E-state index is 13.3. The SMILES string of the molecule is O=C(C[C@]1(COc2cccc(Cl)c2)CCCN(C(=O)CN2CCOCC2)C1)N1CCCCC1. The predicted molar refractivity (Wildman–Crippen MR) is 128 cm³/mol. The van der Waals surface area contributed by atoms with E-state index in [9.17, 15) is 9.59 Å². The minimum atomic E-state index is -0.393. The summed E-state index contributed by atoms with van der Waals surface area (Å²) in [6, 6.07) is 7.36. The van der Waals surface area contributed by atoms with Gasteiger partial charge < -0.3 is 19.3 Å². The number of benzene rings is 1. The van der Waals surface area contributed by atoms with Crippen LogP contribution in [-0.2, 0) is 14.3 Å². The molecule has 0 radical (unpaired) electrons. The van der Waals surface area contributed by atoms with Crippen molar-refractivity contribution in [3.8, 4) is 5.75 Å². The van der Waals surface area contributed by atoms with Crippen LogP contribution in [0.15, 0.2) is 24.3 Å². The second-order valence-electron chi connectivity index (χ2n) is 9.67. The van der Waals surface area contributed by atoms with Crippen molar-refractivity contribution in [2.45, 2.75) is 38.5 Å². The van der Waals surface area contributed by atoms with E-state index in [4.69, 9.17) is 21.1 Å². The number of rotatable bonds is 7. The van der Waals surface area contributed by atoms with Crippen LogP contribution < -0.4 is 4.74 Å². The van der Waals surface area contributed by atoms with Crippen molar-refractivity contribution in [1.29, 1.82) is 0 Å². The number of halogens is 1. The molecule has 0 saturated carbocycles. The molecule has 0 N–H and O–H groups in total. The lowest BCUT2D eigenvalue weighted by atomic mass is 9.77. The molecule has 0 bridgehead atoms. The minimum absolute atomic E-state index is 0.133. The number of hydrogen-bond acceptors (Lipinski definition) is 5. The molecule has 2 amide bonds. The van der Waals surface area contributed by atoms with Crippen LogP contribution >= 0.6 is 11.6 Å². The van der Waals surface area contributed by atoms with E-state index in [-0.39, 0.29) is 11.8 Å². The van der Waals surface area contributed by atoms with Gasteiger partial charge in [0.25, 0.3) is 0 Å². The Hall–Kier alpha value is -1.83. The number of nitrogens with zero attached hydrogens (tertiary/aromatic N) is 3. The van der Waals surface area contributed by atoms with Crippen molar-refractivity contribution in [1.82, 2.24) is 14.7 Å². The third-order valence-electron chi connectivity index (χ3n) is 7.05. The van der Waals surface area contributed by atoms with Crippen LogP contribution in [0.5, 0.6) is 5.75 Å². The zero-order valence-electron chi connectivity index (χ0n) is 19.5. The van der Waals surface area contributed by atoms with Crippen LogP contribution in [0.3, 0.4) is 0 Å². The first kappa shape index (κ1) is 24.3. The summed E-state index contributed by atoms with van der Waals surface area (Å²) in [6.07, 6.45) is 5.49. The molecule has 8 heteroatoms. The monoisotopic (exact) mass is 477 g/mol. The Balaban J connectivity index is 1.45. The van der Waals surface area contributed by atoms with Crippen LogP contribution in [0, 0.1) is 5.41 Å². The summed E-state index contributed by atoms with van der Waals surface area (Å²) < 4.78 is 11.6. The third kappa shape index (κ3) is 6.84. The molecule has 182 valence electrons. The lowest BCUT2D eigenvalue weighted by Crippen LogP contribution is -2.53. The van der Waals surface area contributed by atoms with Crippen molar-refractivity contribution >= 4 is 23.4 Å². The van der Waals surface area contributed by atoms with Crippen LogP contribution in [-0.4, -0.2) is 92.1 Å². The van der Waals surface area contributed by atoms with Crippen molar-refractivity contribution in [3.63, 3.8) is 0 Å². The molecule has 0 aliphatic carbocycles. The third-order valence-corrected chi connectivity index (χ3v) is 7.29. The summed E-state index contributed by atoms with van der Waals surface area (Å²) in [6.45, 7) is 6.70.